The van der Waals surface area contributed by atoms with Crippen molar-refractivity contribution in [3.63, 3.8) is 0 Å². The van der Waals surface area contributed by atoms with Crippen molar-refractivity contribution in [1.82, 2.24) is 0 Å². The van der Waals surface area contributed by atoms with E-state index in [2.05, 4.69) is 17.4 Å². The van der Waals surface area contributed by atoms with Crippen LogP contribution >= 0.6 is 11.8 Å². The van der Waals surface area contributed by atoms with Crippen LogP contribution in [-0.2, 0) is 20.6 Å². The van der Waals surface area contributed by atoms with Crippen molar-refractivity contribution >= 4 is 39.1 Å². The molecule has 4 rings (SSSR count). The third-order valence-corrected chi connectivity index (χ3v) is 7.28. The van der Waals surface area contributed by atoms with Crippen molar-refractivity contribution in [2.24, 2.45) is 0 Å². The van der Waals surface area contributed by atoms with Crippen LogP contribution in [0.4, 0.5) is 11.4 Å². The Labute approximate surface area is 192 Å². The van der Waals surface area contributed by atoms with Gasteiger partial charge >= 0.3 is 0 Å². The van der Waals surface area contributed by atoms with E-state index in [9.17, 15) is 13.2 Å². The Morgan fingerprint density at radius 2 is 1.81 bits per heavy atom. The third-order valence-electron chi connectivity index (χ3n) is 5.05. The molecule has 1 heterocycles. The molecule has 166 valence electrons. The first-order valence-electron chi connectivity index (χ1n) is 10.1. The molecule has 0 spiro atoms. The Morgan fingerprint density at radius 3 is 2.50 bits per heavy atom. The smallest absolute Gasteiger partial charge is 0.267 e. The predicted molar refractivity (Wildman–Crippen MR) is 129 cm³/mol. The number of amides is 1. The molecule has 1 amide bonds. The molecule has 1 atom stereocenters. The molecule has 3 aromatic rings. The highest BCUT2D eigenvalue weighted by Gasteiger charge is 2.35. The monoisotopic (exact) mass is 468 g/mol. The number of anilines is 2. The van der Waals surface area contributed by atoms with E-state index in [0.717, 1.165) is 23.1 Å². The third kappa shape index (κ3) is 5.26. The van der Waals surface area contributed by atoms with E-state index in [4.69, 9.17) is 4.74 Å². The van der Waals surface area contributed by atoms with Crippen molar-refractivity contribution in [2.75, 3.05) is 22.4 Å². The number of hydrogen-bond donors (Lipinski definition) is 1. The zero-order chi connectivity index (χ0) is 22.7. The molecule has 1 unspecified atom stereocenters. The maximum absolute atomic E-state index is 12.9. The number of sulfonamides is 1. The van der Waals surface area contributed by atoms with E-state index in [1.165, 1.54) is 9.20 Å². The Bertz CT molecular complexity index is 1210. The van der Waals surface area contributed by atoms with E-state index >= 15 is 0 Å². The molecule has 0 aliphatic carbocycles. The molecule has 0 saturated carbocycles. The van der Waals surface area contributed by atoms with Crippen LogP contribution in [0.3, 0.4) is 0 Å². The predicted octanol–water partition coefficient (Wildman–Crippen LogP) is 4.45. The normalized spacial score (nSPS) is 15.6. The fourth-order valence-corrected chi connectivity index (χ4v) is 5.18. The molecule has 32 heavy (non-hydrogen) atoms. The van der Waals surface area contributed by atoms with Gasteiger partial charge < -0.3 is 10.1 Å². The molecule has 0 saturated heterocycles. The SMILES string of the molecule is Cc1ccc2c(c1)N(S(C)(=O)=O)CC(C(=O)Nc1ccc(CSc3ccccc3)cc1)O2. The second-order valence-corrected chi connectivity index (χ2v) is 10.6. The molecular weight excluding hydrogens is 444 g/mol. The van der Waals surface area contributed by atoms with Gasteiger partial charge in [-0.25, -0.2) is 8.42 Å². The van der Waals surface area contributed by atoms with E-state index < -0.39 is 22.0 Å². The van der Waals surface area contributed by atoms with Crippen LogP contribution in [0.1, 0.15) is 11.1 Å². The van der Waals surface area contributed by atoms with Gasteiger partial charge in [0.2, 0.25) is 10.0 Å². The quantitative estimate of drug-likeness (QED) is 0.541. The van der Waals surface area contributed by atoms with Crippen molar-refractivity contribution in [3.8, 4) is 5.75 Å². The van der Waals surface area contributed by atoms with Gasteiger partial charge in [-0.2, -0.15) is 0 Å². The lowest BCUT2D eigenvalue weighted by Gasteiger charge is -2.34. The Morgan fingerprint density at radius 1 is 1.09 bits per heavy atom. The first-order valence-corrected chi connectivity index (χ1v) is 13.0. The number of carbonyl (C=O) groups excluding carboxylic acids is 1. The van der Waals surface area contributed by atoms with E-state index in [-0.39, 0.29) is 6.54 Å². The lowest BCUT2D eigenvalue weighted by Crippen LogP contribution is -2.48. The topological polar surface area (TPSA) is 75.7 Å². The molecular formula is C24H24N2O4S2. The summed E-state index contributed by atoms with van der Waals surface area (Å²) in [5, 5.41) is 2.83. The summed E-state index contributed by atoms with van der Waals surface area (Å²) in [6, 6.07) is 23.0. The number of carbonyl (C=O) groups is 1. The van der Waals surface area contributed by atoms with Crippen LogP contribution in [-0.4, -0.2) is 33.2 Å². The number of nitrogens with one attached hydrogen (secondary N) is 1. The minimum absolute atomic E-state index is 0.0765. The van der Waals surface area contributed by atoms with E-state index in [1.54, 1.807) is 23.9 Å². The van der Waals surface area contributed by atoms with Crippen molar-refractivity contribution in [3.05, 3.63) is 83.9 Å². The maximum atomic E-state index is 12.9. The van der Waals surface area contributed by atoms with Crippen LogP contribution in [0.5, 0.6) is 5.75 Å². The summed E-state index contributed by atoms with van der Waals surface area (Å²) in [6.07, 6.45) is 0.180. The molecule has 3 aromatic carbocycles. The van der Waals surface area contributed by atoms with Crippen molar-refractivity contribution in [1.29, 1.82) is 0 Å². The summed E-state index contributed by atoms with van der Waals surface area (Å²) < 4.78 is 31.7. The van der Waals surface area contributed by atoms with Crippen LogP contribution < -0.4 is 14.4 Å². The van der Waals surface area contributed by atoms with Crippen LogP contribution in [0.25, 0.3) is 0 Å². The van der Waals surface area contributed by atoms with Gasteiger partial charge in [0.25, 0.3) is 5.91 Å². The number of nitrogens with zero attached hydrogens (tertiary/aromatic N) is 1. The largest absolute Gasteiger partial charge is 0.476 e. The first-order chi connectivity index (χ1) is 15.3. The summed E-state index contributed by atoms with van der Waals surface area (Å²) in [7, 11) is -3.56. The number of hydrogen-bond acceptors (Lipinski definition) is 5. The van der Waals surface area contributed by atoms with Gasteiger partial charge in [0, 0.05) is 16.3 Å². The number of fused-ring (bicyclic) bond motifs is 1. The average molecular weight is 469 g/mol. The molecule has 8 heteroatoms. The number of thioether (sulfide) groups is 1. The molecule has 0 radical (unpaired) electrons. The highest BCUT2D eigenvalue weighted by Crippen LogP contribution is 2.36. The summed E-state index contributed by atoms with van der Waals surface area (Å²) in [4.78, 5) is 14.0. The second-order valence-electron chi connectivity index (χ2n) is 7.66. The molecule has 1 N–H and O–H groups in total. The minimum Gasteiger partial charge on any atom is -0.476 e. The molecule has 1 aliphatic rings. The standard InChI is InChI=1S/C24H24N2O4S2/c1-17-8-13-22-21(14-17)26(32(2,28)29)15-23(30-22)24(27)25-19-11-9-18(10-12-19)16-31-20-6-4-3-5-7-20/h3-14,23H,15-16H2,1-2H3,(H,25,27). The maximum Gasteiger partial charge on any atom is 0.267 e. The van der Waals surface area contributed by atoms with Gasteiger partial charge in [0.05, 0.1) is 18.5 Å². The van der Waals surface area contributed by atoms with Gasteiger partial charge in [-0.3, -0.25) is 9.10 Å². The Balaban J connectivity index is 1.43. The first kappa shape index (κ1) is 22.2. The molecule has 0 fully saturated rings. The van der Waals surface area contributed by atoms with Crippen molar-refractivity contribution in [2.45, 2.75) is 23.7 Å². The van der Waals surface area contributed by atoms with Crippen molar-refractivity contribution < 1.29 is 17.9 Å². The zero-order valence-electron chi connectivity index (χ0n) is 17.8. The number of benzene rings is 3. The minimum atomic E-state index is -3.56. The Kier molecular flexibility index (Phi) is 6.43. The summed E-state index contributed by atoms with van der Waals surface area (Å²) in [6.45, 7) is 1.80. The fourth-order valence-electron chi connectivity index (χ4n) is 3.40. The summed E-state index contributed by atoms with van der Waals surface area (Å²) in [5.74, 6) is 0.806. The van der Waals surface area contributed by atoms with Gasteiger partial charge in [-0.05, 0) is 54.4 Å². The van der Waals surface area contributed by atoms with Gasteiger partial charge in [0.1, 0.15) is 5.75 Å². The number of aryl methyl sites for hydroxylation is 1. The molecule has 1 aliphatic heterocycles. The number of rotatable bonds is 6. The fraction of sp³-hybridized carbons (Fsp3) is 0.208. The lowest BCUT2D eigenvalue weighted by atomic mass is 10.1. The highest BCUT2D eigenvalue weighted by atomic mass is 32.2. The van der Waals surface area contributed by atoms with Gasteiger partial charge in [-0.1, -0.05) is 36.4 Å². The van der Waals surface area contributed by atoms with Crippen LogP contribution in [0, 0.1) is 6.92 Å². The van der Waals surface area contributed by atoms with Gasteiger partial charge in [-0.15, -0.1) is 11.8 Å². The van der Waals surface area contributed by atoms with Crippen LogP contribution in [0.2, 0.25) is 0 Å². The van der Waals surface area contributed by atoms with E-state index in [1.807, 2.05) is 55.5 Å². The highest BCUT2D eigenvalue weighted by molar-refractivity contribution is 7.98. The second kappa shape index (κ2) is 9.26. The molecule has 0 aromatic heterocycles. The Hall–Kier alpha value is -2.97. The van der Waals surface area contributed by atoms with Crippen LogP contribution in [0.15, 0.2) is 77.7 Å². The van der Waals surface area contributed by atoms with E-state index in [0.29, 0.717) is 17.1 Å². The number of ether oxygens (including phenoxy) is 1. The molecule has 0 bridgehead atoms. The summed E-state index contributed by atoms with van der Waals surface area (Å²) >= 11 is 1.74. The molecule has 6 nitrogen and oxygen atoms in total. The summed E-state index contributed by atoms with van der Waals surface area (Å²) in [5.41, 5.74) is 3.14. The lowest BCUT2D eigenvalue weighted by molar-refractivity contribution is -0.122. The van der Waals surface area contributed by atoms with Gasteiger partial charge in [0.15, 0.2) is 6.10 Å². The zero-order valence-corrected chi connectivity index (χ0v) is 19.4. The average Bonchev–Trinajstić information content (AvgIpc) is 2.78.